The van der Waals surface area contributed by atoms with E-state index in [4.69, 9.17) is 11.6 Å². The summed E-state index contributed by atoms with van der Waals surface area (Å²) in [5, 5.41) is 27.0. The van der Waals surface area contributed by atoms with Gasteiger partial charge < -0.3 is 25.4 Å². The first-order valence-electron chi connectivity index (χ1n) is 12.1. The van der Waals surface area contributed by atoms with Gasteiger partial charge in [-0.15, -0.1) is 0 Å². The third-order valence-electron chi connectivity index (χ3n) is 7.42. The summed E-state index contributed by atoms with van der Waals surface area (Å²) in [4.78, 5) is 26.1. The Kier molecular flexibility index (Phi) is 7.40. The normalized spacial score (nSPS) is 25.7. The van der Waals surface area contributed by atoms with Crippen molar-refractivity contribution in [1.82, 2.24) is 24.8 Å². The first-order valence-corrected chi connectivity index (χ1v) is 12.5. The van der Waals surface area contributed by atoms with Gasteiger partial charge in [-0.1, -0.05) is 13.3 Å². The maximum atomic E-state index is 12.8. The quantitative estimate of drug-likeness (QED) is 0.387. The standard InChI is InChI=1S/C23H35ClN6O3/c1-4-12(2)26-22(33)16(19(32)13(3)31)7-8-30-11-25-18-20(28-23(24)29-21(18)30)27-17-10-14-5-6-15(17)9-14/h11-17,19,31-32H,4-10H2,1-3H3,(H,26,33)(H,27,28,29)/t12?,13?,14?,15?,16?,17?,19-/m0/s1. The SMILES string of the molecule is CCC(C)NC(=O)C(CCn1cnc2c(NC3CC4CCC3C4)nc(Cl)nc21)[C@@H](O)C(C)O. The van der Waals surface area contributed by atoms with E-state index in [1.165, 1.54) is 26.2 Å². The predicted molar refractivity (Wildman–Crippen MR) is 127 cm³/mol. The van der Waals surface area contributed by atoms with E-state index < -0.39 is 18.1 Å². The molecule has 2 aromatic heterocycles. The lowest BCUT2D eigenvalue weighted by atomic mass is 9.93. The Morgan fingerprint density at radius 3 is 2.70 bits per heavy atom. The summed E-state index contributed by atoms with van der Waals surface area (Å²) in [5.74, 6) is 1.09. The van der Waals surface area contributed by atoms with Crippen LogP contribution in [0.1, 0.15) is 59.3 Å². The van der Waals surface area contributed by atoms with Crippen molar-refractivity contribution in [1.29, 1.82) is 0 Å². The molecule has 9 nitrogen and oxygen atoms in total. The smallest absolute Gasteiger partial charge is 0.226 e. The minimum atomic E-state index is -1.17. The zero-order valence-corrected chi connectivity index (χ0v) is 20.3. The zero-order chi connectivity index (χ0) is 23.7. The van der Waals surface area contributed by atoms with Gasteiger partial charge in [0.15, 0.2) is 17.0 Å². The van der Waals surface area contributed by atoms with E-state index in [0.717, 1.165) is 18.8 Å². The lowest BCUT2D eigenvalue weighted by molar-refractivity contribution is -0.132. The monoisotopic (exact) mass is 478 g/mol. The Labute approximate surface area is 199 Å². The van der Waals surface area contributed by atoms with Crippen molar-refractivity contribution in [3.8, 4) is 0 Å². The average molecular weight is 479 g/mol. The lowest BCUT2D eigenvalue weighted by Gasteiger charge is -2.26. The molecule has 2 heterocycles. The summed E-state index contributed by atoms with van der Waals surface area (Å²) in [5.41, 5.74) is 1.24. The van der Waals surface area contributed by atoms with E-state index in [0.29, 0.717) is 41.9 Å². The molecule has 2 fully saturated rings. The number of aryl methyl sites for hydroxylation is 1. The average Bonchev–Trinajstić information content (AvgIpc) is 3.49. The summed E-state index contributed by atoms with van der Waals surface area (Å²) in [7, 11) is 0. The number of nitrogens with zero attached hydrogens (tertiary/aromatic N) is 4. The molecular formula is C23H35ClN6O3. The Hall–Kier alpha value is -1.97. The lowest BCUT2D eigenvalue weighted by Crippen LogP contribution is -2.45. The molecule has 6 unspecified atom stereocenters. The number of fused-ring (bicyclic) bond motifs is 3. The first kappa shape index (κ1) is 24.2. The van der Waals surface area contributed by atoms with E-state index in [1.54, 1.807) is 6.33 Å². The number of aliphatic hydroxyl groups excluding tert-OH is 2. The fourth-order valence-corrected chi connectivity index (χ4v) is 5.47. The molecule has 2 aliphatic carbocycles. The van der Waals surface area contributed by atoms with Crippen molar-refractivity contribution < 1.29 is 15.0 Å². The summed E-state index contributed by atoms with van der Waals surface area (Å²) < 4.78 is 1.83. The molecule has 0 saturated heterocycles. The van der Waals surface area contributed by atoms with Crippen LogP contribution in [0.5, 0.6) is 0 Å². The van der Waals surface area contributed by atoms with Gasteiger partial charge in [0.2, 0.25) is 11.2 Å². The van der Waals surface area contributed by atoms with Crippen molar-refractivity contribution >= 4 is 34.5 Å². The van der Waals surface area contributed by atoms with Crippen molar-refractivity contribution in [2.24, 2.45) is 17.8 Å². The molecule has 0 aliphatic heterocycles. The van der Waals surface area contributed by atoms with E-state index in [-0.39, 0.29) is 17.2 Å². The Morgan fingerprint density at radius 2 is 2.06 bits per heavy atom. The van der Waals surface area contributed by atoms with Gasteiger partial charge in [-0.25, -0.2) is 4.98 Å². The fraction of sp³-hybridized carbons (Fsp3) is 0.739. The largest absolute Gasteiger partial charge is 0.391 e. The molecule has 2 saturated carbocycles. The number of amides is 1. The van der Waals surface area contributed by atoms with Gasteiger partial charge in [-0.2, -0.15) is 9.97 Å². The van der Waals surface area contributed by atoms with Crippen LogP contribution < -0.4 is 10.6 Å². The van der Waals surface area contributed by atoms with Crippen LogP contribution in [-0.4, -0.2) is 59.9 Å². The number of carbonyl (C=O) groups excluding carboxylic acids is 1. The van der Waals surface area contributed by atoms with Crippen LogP contribution in [0.15, 0.2) is 6.33 Å². The van der Waals surface area contributed by atoms with Crippen LogP contribution in [0.3, 0.4) is 0 Å². The fourth-order valence-electron chi connectivity index (χ4n) is 5.30. The van der Waals surface area contributed by atoms with Gasteiger partial charge in [0, 0.05) is 18.6 Å². The number of carbonyl (C=O) groups is 1. The number of halogens is 1. The van der Waals surface area contributed by atoms with Gasteiger partial charge in [0.05, 0.1) is 24.5 Å². The van der Waals surface area contributed by atoms with E-state index in [1.807, 2.05) is 18.4 Å². The Morgan fingerprint density at radius 1 is 1.27 bits per heavy atom. The van der Waals surface area contributed by atoms with Crippen LogP contribution >= 0.6 is 11.6 Å². The number of nitrogens with one attached hydrogen (secondary N) is 2. The number of aromatic nitrogens is 4. The molecular weight excluding hydrogens is 444 g/mol. The first-order chi connectivity index (χ1) is 15.8. The van der Waals surface area contributed by atoms with Crippen molar-refractivity contribution in [3.63, 3.8) is 0 Å². The second kappa shape index (κ2) is 10.1. The minimum Gasteiger partial charge on any atom is -0.391 e. The molecule has 1 amide bonds. The molecule has 10 heteroatoms. The molecule has 2 aliphatic rings. The zero-order valence-electron chi connectivity index (χ0n) is 19.5. The van der Waals surface area contributed by atoms with Gasteiger partial charge in [-0.05, 0) is 69.4 Å². The third kappa shape index (κ3) is 5.25. The number of aliphatic hydroxyl groups is 2. The second-order valence-corrected chi connectivity index (χ2v) is 10.2. The third-order valence-corrected chi connectivity index (χ3v) is 7.59. The molecule has 2 aromatic rings. The molecule has 0 spiro atoms. The summed E-state index contributed by atoms with van der Waals surface area (Å²) in [6.45, 7) is 5.77. The Balaban J connectivity index is 1.51. The van der Waals surface area contributed by atoms with Gasteiger partial charge >= 0.3 is 0 Å². The summed E-state index contributed by atoms with van der Waals surface area (Å²) >= 11 is 6.26. The van der Waals surface area contributed by atoms with Gasteiger partial charge in [0.1, 0.15) is 0 Å². The molecule has 33 heavy (non-hydrogen) atoms. The van der Waals surface area contributed by atoms with Crippen LogP contribution in [0.2, 0.25) is 5.28 Å². The molecule has 4 N–H and O–H groups in total. The number of rotatable bonds is 10. The second-order valence-electron chi connectivity index (χ2n) is 9.82. The molecule has 7 atom stereocenters. The minimum absolute atomic E-state index is 0.0127. The van der Waals surface area contributed by atoms with Crippen molar-refractivity contribution in [2.75, 3.05) is 5.32 Å². The molecule has 182 valence electrons. The molecule has 0 radical (unpaired) electrons. The van der Waals surface area contributed by atoms with Gasteiger partial charge in [0.25, 0.3) is 0 Å². The van der Waals surface area contributed by atoms with Crippen LogP contribution in [-0.2, 0) is 11.3 Å². The highest BCUT2D eigenvalue weighted by atomic mass is 35.5. The maximum Gasteiger partial charge on any atom is 0.226 e. The number of hydrogen-bond acceptors (Lipinski definition) is 7. The predicted octanol–water partition coefficient (Wildman–Crippen LogP) is 2.74. The molecule has 2 bridgehead atoms. The molecule has 4 rings (SSSR count). The number of anilines is 1. The van der Waals surface area contributed by atoms with E-state index in [2.05, 4.69) is 25.6 Å². The Bertz CT molecular complexity index is 983. The van der Waals surface area contributed by atoms with Crippen molar-refractivity contribution in [2.45, 2.75) is 90.1 Å². The summed E-state index contributed by atoms with van der Waals surface area (Å²) in [6.07, 6.45) is 5.58. The van der Waals surface area contributed by atoms with Crippen LogP contribution in [0, 0.1) is 17.8 Å². The van der Waals surface area contributed by atoms with E-state index >= 15 is 0 Å². The van der Waals surface area contributed by atoms with Gasteiger partial charge in [-0.3, -0.25) is 4.79 Å². The van der Waals surface area contributed by atoms with Crippen molar-refractivity contribution in [3.05, 3.63) is 11.6 Å². The van der Waals surface area contributed by atoms with Crippen LogP contribution in [0.25, 0.3) is 11.2 Å². The number of hydrogen-bond donors (Lipinski definition) is 4. The van der Waals surface area contributed by atoms with E-state index in [9.17, 15) is 15.0 Å². The highest BCUT2D eigenvalue weighted by Gasteiger charge is 2.40. The molecule has 0 aromatic carbocycles. The number of imidazole rings is 1. The topological polar surface area (TPSA) is 125 Å². The maximum absolute atomic E-state index is 12.8. The highest BCUT2D eigenvalue weighted by Crippen LogP contribution is 2.45. The summed E-state index contributed by atoms with van der Waals surface area (Å²) in [6, 6.07) is 0.374. The van der Waals surface area contributed by atoms with Crippen LogP contribution in [0.4, 0.5) is 5.82 Å². The highest BCUT2D eigenvalue weighted by molar-refractivity contribution is 6.28.